The second kappa shape index (κ2) is 10.3. The Hall–Kier alpha value is -3.32. The maximum absolute atomic E-state index is 12.8. The third-order valence-electron chi connectivity index (χ3n) is 4.94. The topological polar surface area (TPSA) is 77.4 Å². The molecule has 0 saturated heterocycles. The van der Waals surface area contributed by atoms with Gasteiger partial charge in [0, 0.05) is 26.0 Å². The van der Waals surface area contributed by atoms with Gasteiger partial charge in [0.15, 0.2) is 0 Å². The molecule has 1 unspecified atom stereocenters. The monoisotopic (exact) mass is 436 g/mol. The molecule has 3 aromatic rings. The Morgan fingerprint density at radius 2 is 1.88 bits per heavy atom. The van der Waals surface area contributed by atoms with Gasteiger partial charge in [0.25, 0.3) is 0 Å². The van der Waals surface area contributed by atoms with Gasteiger partial charge in [-0.25, -0.2) is 9.78 Å². The van der Waals surface area contributed by atoms with E-state index in [1.165, 1.54) is 0 Å². The number of amides is 2. The van der Waals surface area contributed by atoms with Crippen LogP contribution in [0.2, 0.25) is 0 Å². The molecule has 0 aliphatic rings. The first-order chi connectivity index (χ1) is 15.2. The van der Waals surface area contributed by atoms with Crippen LogP contribution in [0.5, 0.6) is 5.75 Å². The molecule has 32 heavy (non-hydrogen) atoms. The zero-order chi connectivity index (χ0) is 23.1. The molecule has 0 saturated carbocycles. The number of hydrogen-bond donors (Lipinski definition) is 2. The maximum atomic E-state index is 12.8. The predicted octanol–water partition coefficient (Wildman–Crippen LogP) is 4.33. The van der Waals surface area contributed by atoms with Gasteiger partial charge < -0.3 is 24.7 Å². The van der Waals surface area contributed by atoms with Gasteiger partial charge in [0.1, 0.15) is 17.6 Å². The second-order valence-electron chi connectivity index (χ2n) is 8.65. The van der Waals surface area contributed by atoms with Crippen LogP contribution in [-0.2, 0) is 24.9 Å². The van der Waals surface area contributed by atoms with E-state index in [9.17, 15) is 4.79 Å². The smallest absolute Gasteiger partial charge is 0.315 e. The molecular formula is C25H32N4O3. The molecule has 0 aliphatic carbocycles. The zero-order valence-electron chi connectivity index (χ0n) is 19.4. The van der Waals surface area contributed by atoms with E-state index >= 15 is 0 Å². The van der Waals surface area contributed by atoms with Crippen molar-refractivity contribution in [2.24, 2.45) is 7.05 Å². The number of ether oxygens (including phenoxy) is 2. The van der Waals surface area contributed by atoms with Crippen molar-refractivity contribution in [2.75, 3.05) is 7.11 Å². The Kier molecular flexibility index (Phi) is 7.53. The minimum Gasteiger partial charge on any atom is -0.497 e. The van der Waals surface area contributed by atoms with Crippen LogP contribution in [0.3, 0.4) is 0 Å². The van der Waals surface area contributed by atoms with Crippen LogP contribution in [0, 0.1) is 0 Å². The summed E-state index contributed by atoms with van der Waals surface area (Å²) in [5, 5.41) is 5.99. The highest BCUT2D eigenvalue weighted by molar-refractivity contribution is 5.75. The Labute approximate surface area is 189 Å². The van der Waals surface area contributed by atoms with Crippen molar-refractivity contribution in [3.63, 3.8) is 0 Å². The van der Waals surface area contributed by atoms with Crippen LogP contribution in [0.4, 0.5) is 4.79 Å². The lowest BCUT2D eigenvalue weighted by atomic mass is 10.1. The number of rotatable bonds is 8. The number of carbonyl (C=O) groups excluding carboxylic acids is 1. The van der Waals surface area contributed by atoms with Gasteiger partial charge in [-0.2, -0.15) is 0 Å². The average Bonchev–Trinajstić information content (AvgIpc) is 3.20. The summed E-state index contributed by atoms with van der Waals surface area (Å²) in [5.41, 5.74) is 2.76. The van der Waals surface area contributed by atoms with Crippen molar-refractivity contribution in [3.05, 3.63) is 83.4 Å². The van der Waals surface area contributed by atoms with E-state index < -0.39 is 6.04 Å². The number of nitrogens with zero attached hydrogens (tertiary/aromatic N) is 2. The van der Waals surface area contributed by atoms with Crippen molar-refractivity contribution in [1.82, 2.24) is 20.2 Å². The van der Waals surface area contributed by atoms with E-state index in [0.29, 0.717) is 13.2 Å². The highest BCUT2D eigenvalue weighted by Gasteiger charge is 2.21. The van der Waals surface area contributed by atoms with Crippen LogP contribution >= 0.6 is 0 Å². The minimum atomic E-state index is -0.420. The van der Waals surface area contributed by atoms with Crippen LogP contribution in [-0.4, -0.2) is 28.3 Å². The summed E-state index contributed by atoms with van der Waals surface area (Å²) in [4.78, 5) is 17.2. The molecule has 3 rings (SSSR count). The number of aryl methyl sites for hydroxylation is 1. The molecule has 1 heterocycles. The zero-order valence-corrected chi connectivity index (χ0v) is 19.4. The molecule has 1 aromatic heterocycles. The Morgan fingerprint density at radius 1 is 1.12 bits per heavy atom. The average molecular weight is 437 g/mol. The van der Waals surface area contributed by atoms with E-state index in [1.54, 1.807) is 13.3 Å². The normalized spacial score (nSPS) is 12.3. The van der Waals surface area contributed by atoms with E-state index in [0.717, 1.165) is 28.3 Å². The summed E-state index contributed by atoms with van der Waals surface area (Å²) in [6.45, 7) is 7.02. The number of aromatic nitrogens is 2. The molecule has 0 radical (unpaired) electrons. The first-order valence-corrected chi connectivity index (χ1v) is 10.6. The molecule has 7 heteroatoms. The van der Waals surface area contributed by atoms with Crippen LogP contribution < -0.4 is 15.4 Å². The first kappa shape index (κ1) is 23.3. The highest BCUT2D eigenvalue weighted by Crippen LogP contribution is 2.24. The maximum Gasteiger partial charge on any atom is 0.315 e. The van der Waals surface area contributed by atoms with Crippen LogP contribution in [0.1, 0.15) is 49.3 Å². The minimum absolute atomic E-state index is 0.200. The van der Waals surface area contributed by atoms with E-state index in [4.69, 9.17) is 9.47 Å². The van der Waals surface area contributed by atoms with E-state index in [1.807, 2.05) is 87.1 Å². The van der Waals surface area contributed by atoms with Crippen LogP contribution in [0.15, 0.2) is 60.9 Å². The molecule has 0 fully saturated rings. The number of hydrogen-bond acceptors (Lipinski definition) is 4. The van der Waals surface area contributed by atoms with E-state index in [2.05, 4.69) is 15.6 Å². The lowest BCUT2D eigenvalue weighted by Crippen LogP contribution is -2.39. The fourth-order valence-corrected chi connectivity index (χ4v) is 3.27. The fourth-order valence-electron chi connectivity index (χ4n) is 3.27. The molecule has 2 aromatic carbocycles. The van der Waals surface area contributed by atoms with Gasteiger partial charge >= 0.3 is 6.03 Å². The molecule has 170 valence electrons. The summed E-state index contributed by atoms with van der Waals surface area (Å²) in [6, 6.07) is 14.9. The van der Waals surface area contributed by atoms with Gasteiger partial charge in [0.05, 0.1) is 19.3 Å². The standard InChI is InChI=1S/C25H32N4O3/c1-25(2,3)32-17-19-9-6-8-18(14-19)16-27-24(30)28-22(23-26-12-13-29(23)4)20-10-7-11-21(15-20)31-5/h6-15,22H,16-17H2,1-5H3,(H2,27,28,30). The number of methoxy groups -OCH3 is 1. The summed E-state index contributed by atoms with van der Waals surface area (Å²) in [6.07, 6.45) is 3.57. The highest BCUT2D eigenvalue weighted by atomic mass is 16.5. The van der Waals surface area contributed by atoms with Crippen molar-refractivity contribution in [2.45, 2.75) is 45.6 Å². The number of benzene rings is 2. The summed E-state index contributed by atoms with van der Waals surface area (Å²) >= 11 is 0. The second-order valence-corrected chi connectivity index (χ2v) is 8.65. The Balaban J connectivity index is 1.68. The number of carbonyl (C=O) groups is 1. The number of imidazole rings is 1. The first-order valence-electron chi connectivity index (χ1n) is 10.6. The van der Waals surface area contributed by atoms with Crippen LogP contribution in [0.25, 0.3) is 0 Å². The Morgan fingerprint density at radius 3 is 2.56 bits per heavy atom. The Bertz CT molecular complexity index is 1040. The summed E-state index contributed by atoms with van der Waals surface area (Å²) < 4.78 is 13.1. The van der Waals surface area contributed by atoms with Crippen molar-refractivity contribution in [3.8, 4) is 5.75 Å². The summed E-state index contributed by atoms with van der Waals surface area (Å²) in [7, 11) is 3.52. The number of nitrogens with one attached hydrogen (secondary N) is 2. The van der Waals surface area contributed by atoms with Crippen molar-refractivity contribution < 1.29 is 14.3 Å². The molecule has 0 bridgehead atoms. The number of urea groups is 1. The quantitative estimate of drug-likeness (QED) is 0.551. The molecule has 1 atom stereocenters. The molecule has 0 spiro atoms. The third kappa shape index (κ3) is 6.59. The largest absolute Gasteiger partial charge is 0.497 e. The van der Waals surface area contributed by atoms with E-state index in [-0.39, 0.29) is 11.6 Å². The van der Waals surface area contributed by atoms with Crippen molar-refractivity contribution in [1.29, 1.82) is 0 Å². The van der Waals surface area contributed by atoms with Gasteiger partial charge in [-0.15, -0.1) is 0 Å². The molecule has 2 amide bonds. The fraction of sp³-hybridized carbons (Fsp3) is 0.360. The van der Waals surface area contributed by atoms with Gasteiger partial charge in [-0.05, 0) is 49.6 Å². The third-order valence-corrected chi connectivity index (χ3v) is 4.94. The molecule has 7 nitrogen and oxygen atoms in total. The van der Waals surface area contributed by atoms with Gasteiger partial charge in [-0.3, -0.25) is 0 Å². The predicted molar refractivity (Wildman–Crippen MR) is 124 cm³/mol. The molecule has 0 aliphatic heterocycles. The molecular weight excluding hydrogens is 404 g/mol. The molecule has 2 N–H and O–H groups in total. The lowest BCUT2D eigenvalue weighted by Gasteiger charge is -2.20. The van der Waals surface area contributed by atoms with Gasteiger partial charge in [0.2, 0.25) is 0 Å². The lowest BCUT2D eigenvalue weighted by molar-refractivity contribution is -0.0149. The summed E-state index contributed by atoms with van der Waals surface area (Å²) in [5.74, 6) is 1.45. The van der Waals surface area contributed by atoms with Crippen molar-refractivity contribution >= 4 is 6.03 Å². The SMILES string of the molecule is COc1cccc(C(NC(=O)NCc2cccc(COC(C)(C)C)c2)c2nccn2C)c1. The van der Waals surface area contributed by atoms with Gasteiger partial charge in [-0.1, -0.05) is 36.4 Å².